The molecule has 0 spiro atoms. The molecule has 0 aromatic heterocycles. The van der Waals surface area contributed by atoms with Crippen molar-refractivity contribution in [3.63, 3.8) is 0 Å². The average molecular weight is 266 g/mol. The Labute approximate surface area is 116 Å². The molecule has 1 aliphatic rings. The number of nitrogens with one attached hydrogen (secondary N) is 1. The lowest BCUT2D eigenvalue weighted by atomic mass is 9.77. The van der Waals surface area contributed by atoms with E-state index in [4.69, 9.17) is 11.6 Å². The highest BCUT2D eigenvalue weighted by molar-refractivity contribution is 6.31. The van der Waals surface area contributed by atoms with E-state index in [1.807, 2.05) is 0 Å². The molecule has 1 aromatic carbocycles. The summed E-state index contributed by atoms with van der Waals surface area (Å²) in [6.45, 7) is 6.68. The first kappa shape index (κ1) is 13.9. The molecule has 1 atom stereocenters. The quantitative estimate of drug-likeness (QED) is 0.828. The smallest absolute Gasteiger partial charge is 0.0456 e. The van der Waals surface area contributed by atoms with Gasteiger partial charge in [-0.3, -0.25) is 0 Å². The highest BCUT2D eigenvalue weighted by Crippen LogP contribution is 2.48. The van der Waals surface area contributed by atoms with Crippen LogP contribution in [0.2, 0.25) is 5.02 Å². The van der Waals surface area contributed by atoms with Crippen molar-refractivity contribution in [3.8, 4) is 0 Å². The Morgan fingerprint density at radius 3 is 2.28 bits per heavy atom. The Morgan fingerprint density at radius 1 is 1.17 bits per heavy atom. The van der Waals surface area contributed by atoms with E-state index < -0.39 is 0 Å². The molecular formula is C16H24ClN. The van der Waals surface area contributed by atoms with Crippen LogP contribution in [0.15, 0.2) is 12.1 Å². The van der Waals surface area contributed by atoms with Gasteiger partial charge in [-0.05, 0) is 61.9 Å². The van der Waals surface area contributed by atoms with E-state index >= 15 is 0 Å². The number of aryl methyl sites for hydroxylation is 2. The molecule has 2 rings (SSSR count). The van der Waals surface area contributed by atoms with Crippen LogP contribution in [0.1, 0.15) is 55.3 Å². The predicted molar refractivity (Wildman–Crippen MR) is 79.3 cm³/mol. The lowest BCUT2D eigenvalue weighted by Crippen LogP contribution is -2.32. The number of hydrogen-bond acceptors (Lipinski definition) is 1. The van der Waals surface area contributed by atoms with Gasteiger partial charge in [0.05, 0.1) is 0 Å². The molecule has 0 amide bonds. The summed E-state index contributed by atoms with van der Waals surface area (Å²) in [5, 5.41) is 4.41. The van der Waals surface area contributed by atoms with Gasteiger partial charge >= 0.3 is 0 Å². The van der Waals surface area contributed by atoms with Gasteiger partial charge in [-0.25, -0.2) is 0 Å². The molecule has 1 nitrogen and oxygen atoms in total. The lowest BCUT2D eigenvalue weighted by molar-refractivity contribution is 0.234. The molecule has 1 N–H and O–H groups in total. The molecular weight excluding hydrogens is 242 g/mol. The summed E-state index contributed by atoms with van der Waals surface area (Å²) in [5.74, 6) is 0. The first-order valence-corrected chi connectivity index (χ1v) is 7.29. The number of rotatable bonds is 3. The van der Waals surface area contributed by atoms with Crippen LogP contribution in [0.25, 0.3) is 0 Å². The Hall–Kier alpha value is -0.530. The van der Waals surface area contributed by atoms with E-state index in [2.05, 4.69) is 45.3 Å². The fourth-order valence-corrected chi connectivity index (χ4v) is 3.70. The third kappa shape index (κ3) is 2.44. The second-order valence-corrected chi connectivity index (χ2v) is 6.45. The van der Waals surface area contributed by atoms with Gasteiger partial charge in [-0.15, -0.1) is 0 Å². The van der Waals surface area contributed by atoms with Crippen LogP contribution in [0.5, 0.6) is 0 Å². The molecule has 0 saturated heterocycles. The van der Waals surface area contributed by atoms with Gasteiger partial charge in [0.25, 0.3) is 0 Å². The zero-order chi connectivity index (χ0) is 13.3. The zero-order valence-electron chi connectivity index (χ0n) is 11.9. The summed E-state index contributed by atoms with van der Waals surface area (Å²) < 4.78 is 0. The molecule has 100 valence electrons. The molecule has 1 aliphatic carbocycles. The van der Waals surface area contributed by atoms with Crippen molar-refractivity contribution in [2.24, 2.45) is 5.41 Å². The number of hydrogen-bond donors (Lipinski definition) is 1. The van der Waals surface area contributed by atoms with Crippen LogP contribution in [-0.4, -0.2) is 7.05 Å². The van der Waals surface area contributed by atoms with Crippen LogP contribution in [0, 0.1) is 19.3 Å². The van der Waals surface area contributed by atoms with Crippen molar-refractivity contribution in [2.45, 2.75) is 52.5 Å². The second-order valence-electron chi connectivity index (χ2n) is 6.04. The molecule has 18 heavy (non-hydrogen) atoms. The van der Waals surface area contributed by atoms with Crippen molar-refractivity contribution in [1.82, 2.24) is 5.32 Å². The van der Waals surface area contributed by atoms with Crippen molar-refractivity contribution >= 4 is 11.6 Å². The fraction of sp³-hybridized carbons (Fsp3) is 0.625. The standard InChI is InChI=1S/C16H24ClN/c1-11-9-13(14(17)10-12(11)2)15(18-4)16(3)7-5-6-8-16/h9-10,15,18H,5-8H2,1-4H3. The summed E-state index contributed by atoms with van der Waals surface area (Å²) in [6.07, 6.45) is 5.28. The maximum atomic E-state index is 6.48. The second kappa shape index (κ2) is 5.22. The lowest BCUT2D eigenvalue weighted by Gasteiger charge is -2.35. The molecule has 0 heterocycles. The molecule has 1 saturated carbocycles. The van der Waals surface area contributed by atoms with Gasteiger partial charge in [0.2, 0.25) is 0 Å². The van der Waals surface area contributed by atoms with E-state index in [1.54, 1.807) is 0 Å². The summed E-state index contributed by atoms with van der Waals surface area (Å²) >= 11 is 6.48. The molecule has 0 aliphatic heterocycles. The van der Waals surface area contributed by atoms with Gasteiger partial charge < -0.3 is 5.32 Å². The average Bonchev–Trinajstić information content (AvgIpc) is 2.74. The van der Waals surface area contributed by atoms with Gasteiger partial charge in [0.1, 0.15) is 0 Å². The van der Waals surface area contributed by atoms with E-state index in [1.165, 1.54) is 42.4 Å². The third-order valence-corrected chi connectivity index (χ3v) is 4.98. The summed E-state index contributed by atoms with van der Waals surface area (Å²) in [7, 11) is 2.06. The molecule has 1 aromatic rings. The van der Waals surface area contributed by atoms with Crippen LogP contribution in [0.4, 0.5) is 0 Å². The van der Waals surface area contributed by atoms with Crippen LogP contribution in [0.3, 0.4) is 0 Å². The topological polar surface area (TPSA) is 12.0 Å². The van der Waals surface area contributed by atoms with E-state index in [-0.39, 0.29) is 0 Å². The minimum atomic E-state index is 0.347. The Kier molecular flexibility index (Phi) is 4.03. The predicted octanol–water partition coefficient (Wildman–Crippen LogP) is 4.80. The normalized spacial score (nSPS) is 20.1. The highest BCUT2D eigenvalue weighted by Gasteiger charge is 2.37. The monoisotopic (exact) mass is 265 g/mol. The highest BCUT2D eigenvalue weighted by atomic mass is 35.5. The van der Waals surface area contributed by atoms with Crippen molar-refractivity contribution in [3.05, 3.63) is 33.8 Å². The van der Waals surface area contributed by atoms with E-state index in [9.17, 15) is 0 Å². The van der Waals surface area contributed by atoms with Crippen LogP contribution < -0.4 is 5.32 Å². The largest absolute Gasteiger partial charge is 0.312 e. The molecule has 2 heteroatoms. The van der Waals surface area contributed by atoms with Crippen molar-refractivity contribution in [1.29, 1.82) is 0 Å². The first-order chi connectivity index (χ1) is 8.48. The number of halogens is 1. The van der Waals surface area contributed by atoms with Crippen molar-refractivity contribution in [2.75, 3.05) is 7.05 Å². The minimum Gasteiger partial charge on any atom is -0.312 e. The number of benzene rings is 1. The summed E-state index contributed by atoms with van der Waals surface area (Å²) in [4.78, 5) is 0. The third-order valence-electron chi connectivity index (χ3n) is 4.66. The van der Waals surface area contributed by atoms with Crippen molar-refractivity contribution < 1.29 is 0 Å². The molecule has 1 fully saturated rings. The summed E-state index contributed by atoms with van der Waals surface area (Å²) in [5.41, 5.74) is 4.22. The van der Waals surface area contributed by atoms with E-state index in [0.717, 1.165) is 5.02 Å². The first-order valence-electron chi connectivity index (χ1n) is 6.92. The van der Waals surface area contributed by atoms with Crippen LogP contribution in [-0.2, 0) is 0 Å². The zero-order valence-corrected chi connectivity index (χ0v) is 12.7. The minimum absolute atomic E-state index is 0.347. The SMILES string of the molecule is CNC(c1cc(C)c(C)cc1Cl)C1(C)CCCC1. The summed E-state index contributed by atoms with van der Waals surface area (Å²) in [6, 6.07) is 4.74. The molecule has 0 bridgehead atoms. The molecule has 0 radical (unpaired) electrons. The molecule has 1 unspecified atom stereocenters. The van der Waals surface area contributed by atoms with Gasteiger partial charge in [0, 0.05) is 11.1 Å². The maximum absolute atomic E-state index is 6.48. The van der Waals surface area contributed by atoms with Gasteiger partial charge in [-0.2, -0.15) is 0 Å². The van der Waals surface area contributed by atoms with Crippen LogP contribution >= 0.6 is 11.6 Å². The van der Waals surface area contributed by atoms with E-state index in [0.29, 0.717) is 11.5 Å². The Bertz CT molecular complexity index is 433. The fourth-order valence-electron chi connectivity index (χ4n) is 3.38. The van der Waals surface area contributed by atoms with Gasteiger partial charge in [0.15, 0.2) is 0 Å². The Morgan fingerprint density at radius 2 is 1.72 bits per heavy atom. The van der Waals surface area contributed by atoms with Gasteiger partial charge in [-0.1, -0.05) is 37.4 Å². The maximum Gasteiger partial charge on any atom is 0.0456 e. The Balaban J connectivity index is 2.41.